The molecule has 0 aliphatic heterocycles. The van der Waals surface area contributed by atoms with Crippen LogP contribution in [-0.4, -0.2) is 49.7 Å². The number of ether oxygens (including phenoxy) is 1. The number of rotatable bonds is 9. The first-order chi connectivity index (χ1) is 14.8. The third-order valence-corrected chi connectivity index (χ3v) is 4.32. The van der Waals surface area contributed by atoms with Crippen molar-refractivity contribution in [2.75, 3.05) is 27.2 Å². The normalized spacial score (nSPS) is 12.0. The Morgan fingerprint density at radius 2 is 1.74 bits per heavy atom. The van der Waals surface area contributed by atoms with Crippen molar-refractivity contribution in [1.82, 2.24) is 20.9 Å². The third-order valence-electron chi connectivity index (χ3n) is 4.32. The molecule has 1 aromatic carbocycles. The fourth-order valence-corrected chi connectivity index (χ4v) is 2.96. The van der Waals surface area contributed by atoms with Gasteiger partial charge in [-0.1, -0.05) is 24.3 Å². The van der Waals surface area contributed by atoms with Crippen LogP contribution >= 0.6 is 0 Å². The zero-order chi connectivity index (χ0) is 22.7. The summed E-state index contributed by atoms with van der Waals surface area (Å²) in [6.45, 7) is 8.68. The van der Waals surface area contributed by atoms with E-state index in [0.717, 1.165) is 18.8 Å². The van der Waals surface area contributed by atoms with E-state index in [1.807, 2.05) is 39.0 Å². The monoisotopic (exact) mass is 429 g/mol. The van der Waals surface area contributed by atoms with E-state index >= 15 is 0 Å². The van der Waals surface area contributed by atoms with Gasteiger partial charge in [-0.25, -0.2) is 4.79 Å². The molecule has 31 heavy (non-hydrogen) atoms. The smallest absolute Gasteiger partial charge is 0.407 e. The maximum absolute atomic E-state index is 11.7. The van der Waals surface area contributed by atoms with Gasteiger partial charge in [-0.2, -0.15) is 0 Å². The van der Waals surface area contributed by atoms with Crippen molar-refractivity contribution in [2.24, 2.45) is 4.99 Å². The summed E-state index contributed by atoms with van der Waals surface area (Å²) < 4.78 is 10.7. The number of carbonyl (C=O) groups is 1. The van der Waals surface area contributed by atoms with E-state index in [2.05, 4.69) is 51.1 Å². The molecule has 170 valence electrons. The lowest BCUT2D eigenvalue weighted by atomic mass is 10.1. The topological polar surface area (TPSA) is 91.1 Å². The van der Waals surface area contributed by atoms with Crippen LogP contribution in [0.25, 0.3) is 0 Å². The van der Waals surface area contributed by atoms with Crippen molar-refractivity contribution in [2.45, 2.75) is 46.0 Å². The lowest BCUT2D eigenvalue weighted by molar-refractivity contribution is 0.0529. The molecule has 0 fully saturated rings. The van der Waals surface area contributed by atoms with Crippen molar-refractivity contribution in [1.29, 1.82) is 0 Å². The van der Waals surface area contributed by atoms with Gasteiger partial charge in [-0.3, -0.25) is 9.89 Å². The number of furan rings is 1. The van der Waals surface area contributed by atoms with Crippen LogP contribution in [0.4, 0.5) is 4.79 Å². The van der Waals surface area contributed by atoms with Crippen LogP contribution in [0, 0.1) is 0 Å². The maximum atomic E-state index is 11.7. The maximum Gasteiger partial charge on any atom is 0.407 e. The molecule has 1 aromatic heterocycles. The summed E-state index contributed by atoms with van der Waals surface area (Å²) in [6, 6.07) is 12.2. The number of carbonyl (C=O) groups excluding carboxylic acids is 1. The van der Waals surface area contributed by atoms with Gasteiger partial charge in [-0.15, -0.1) is 0 Å². The van der Waals surface area contributed by atoms with Crippen molar-refractivity contribution in [3.63, 3.8) is 0 Å². The molecule has 2 aromatic rings. The Hall–Kier alpha value is -3.00. The summed E-state index contributed by atoms with van der Waals surface area (Å²) >= 11 is 0. The number of aliphatic imine (C=N–C) groups is 1. The van der Waals surface area contributed by atoms with Gasteiger partial charge >= 0.3 is 6.09 Å². The number of hydrogen-bond acceptors (Lipinski definition) is 5. The van der Waals surface area contributed by atoms with Gasteiger partial charge in [0.2, 0.25) is 0 Å². The fraction of sp³-hybridized carbons (Fsp3) is 0.478. The number of nitrogens with one attached hydrogen (secondary N) is 3. The Morgan fingerprint density at radius 3 is 2.39 bits per heavy atom. The van der Waals surface area contributed by atoms with Crippen LogP contribution in [0.2, 0.25) is 0 Å². The summed E-state index contributed by atoms with van der Waals surface area (Å²) in [4.78, 5) is 18.2. The summed E-state index contributed by atoms with van der Waals surface area (Å²) in [6.07, 6.45) is 1.27. The second kappa shape index (κ2) is 12.0. The van der Waals surface area contributed by atoms with Gasteiger partial charge in [0.15, 0.2) is 5.96 Å². The molecule has 0 saturated heterocycles. The minimum atomic E-state index is -0.505. The third kappa shape index (κ3) is 9.57. The molecule has 1 heterocycles. The van der Waals surface area contributed by atoms with Crippen LogP contribution in [-0.2, 0) is 24.4 Å². The average molecular weight is 430 g/mol. The number of nitrogens with zero attached hydrogens (tertiary/aromatic N) is 2. The Kier molecular flexibility index (Phi) is 9.40. The van der Waals surface area contributed by atoms with Crippen LogP contribution < -0.4 is 16.0 Å². The summed E-state index contributed by atoms with van der Waals surface area (Å²) in [7, 11) is 3.80. The lowest BCUT2D eigenvalue weighted by Crippen LogP contribution is -2.42. The Labute approximate surface area is 185 Å². The van der Waals surface area contributed by atoms with Crippen LogP contribution in [0.1, 0.15) is 37.7 Å². The first-order valence-electron chi connectivity index (χ1n) is 10.5. The Morgan fingerprint density at radius 1 is 1.03 bits per heavy atom. The molecule has 8 nitrogen and oxygen atoms in total. The highest BCUT2D eigenvalue weighted by atomic mass is 16.6. The van der Waals surface area contributed by atoms with Gasteiger partial charge in [0, 0.05) is 33.2 Å². The van der Waals surface area contributed by atoms with Crippen LogP contribution in [0.5, 0.6) is 0 Å². The summed E-state index contributed by atoms with van der Waals surface area (Å²) in [5.41, 5.74) is 1.93. The molecule has 0 saturated carbocycles. The van der Waals surface area contributed by atoms with Crippen molar-refractivity contribution < 1.29 is 13.9 Å². The van der Waals surface area contributed by atoms with Gasteiger partial charge in [-0.05, 0) is 51.1 Å². The Bertz CT molecular complexity index is 828. The predicted octanol–water partition coefficient (Wildman–Crippen LogP) is 3.10. The number of benzene rings is 1. The highest BCUT2D eigenvalue weighted by molar-refractivity contribution is 5.79. The number of hydrogen-bond donors (Lipinski definition) is 3. The first-order valence-corrected chi connectivity index (χ1v) is 10.5. The molecule has 0 spiro atoms. The Balaban J connectivity index is 1.78. The molecule has 0 aliphatic carbocycles. The van der Waals surface area contributed by atoms with E-state index in [9.17, 15) is 4.79 Å². The molecule has 8 heteroatoms. The number of guanidine groups is 1. The number of alkyl carbamates (subject to hydrolysis) is 1. The highest BCUT2D eigenvalue weighted by Gasteiger charge is 2.15. The van der Waals surface area contributed by atoms with Gasteiger partial charge < -0.3 is 25.1 Å². The molecule has 0 atom stereocenters. The average Bonchev–Trinajstić information content (AvgIpc) is 3.20. The zero-order valence-corrected chi connectivity index (χ0v) is 19.2. The zero-order valence-electron chi connectivity index (χ0n) is 19.2. The van der Waals surface area contributed by atoms with Crippen LogP contribution in [0.3, 0.4) is 0 Å². The highest BCUT2D eigenvalue weighted by Crippen LogP contribution is 2.13. The summed E-state index contributed by atoms with van der Waals surface area (Å²) in [5.74, 6) is 1.62. The molecular formula is C23H35N5O3. The van der Waals surface area contributed by atoms with E-state index in [0.29, 0.717) is 25.6 Å². The molecule has 0 bridgehead atoms. The molecule has 0 aliphatic rings. The quantitative estimate of drug-likeness (QED) is 0.322. The van der Waals surface area contributed by atoms with E-state index in [-0.39, 0.29) is 0 Å². The second-order valence-corrected chi connectivity index (χ2v) is 8.30. The summed E-state index contributed by atoms with van der Waals surface area (Å²) in [5, 5.41) is 9.24. The molecule has 1 amide bonds. The van der Waals surface area contributed by atoms with Crippen molar-refractivity contribution >= 4 is 12.1 Å². The van der Waals surface area contributed by atoms with E-state index < -0.39 is 11.7 Å². The first kappa shape index (κ1) is 24.3. The van der Waals surface area contributed by atoms with Crippen LogP contribution in [0.15, 0.2) is 52.1 Å². The molecular weight excluding hydrogens is 394 g/mol. The minimum absolute atomic E-state index is 0.426. The minimum Gasteiger partial charge on any atom is -0.468 e. The second-order valence-electron chi connectivity index (χ2n) is 8.30. The van der Waals surface area contributed by atoms with E-state index in [4.69, 9.17) is 9.15 Å². The van der Waals surface area contributed by atoms with E-state index in [1.165, 1.54) is 11.1 Å². The fourth-order valence-electron chi connectivity index (χ4n) is 2.96. The van der Waals surface area contributed by atoms with Crippen molar-refractivity contribution in [3.05, 3.63) is 59.5 Å². The lowest BCUT2D eigenvalue weighted by Gasteiger charge is -2.20. The standard InChI is InChI=1S/C23H35N5O3/c1-23(2,3)31-22(29)26-13-12-25-21(24-4)27-15-18-9-6-7-10-19(18)16-28(5)17-20-11-8-14-30-20/h6-11,14H,12-13,15-17H2,1-5H3,(H,26,29)(H2,24,25,27). The van der Waals surface area contributed by atoms with Gasteiger partial charge in [0.1, 0.15) is 11.4 Å². The number of amides is 1. The largest absolute Gasteiger partial charge is 0.468 e. The van der Waals surface area contributed by atoms with Gasteiger partial charge in [0.05, 0.1) is 12.8 Å². The van der Waals surface area contributed by atoms with E-state index in [1.54, 1.807) is 13.3 Å². The molecule has 0 radical (unpaired) electrons. The SMILES string of the molecule is CN=C(NCCNC(=O)OC(C)(C)C)NCc1ccccc1CN(C)Cc1ccco1. The van der Waals surface area contributed by atoms with Crippen molar-refractivity contribution in [3.8, 4) is 0 Å². The molecule has 0 unspecified atom stereocenters. The molecule has 3 N–H and O–H groups in total. The molecule has 2 rings (SSSR count). The van der Waals surface area contributed by atoms with Gasteiger partial charge in [0.25, 0.3) is 0 Å². The predicted molar refractivity (Wildman–Crippen MR) is 123 cm³/mol.